The molecule has 0 aromatic heterocycles. The predicted octanol–water partition coefficient (Wildman–Crippen LogP) is 2.42. The second kappa shape index (κ2) is 7.07. The lowest BCUT2D eigenvalue weighted by Crippen LogP contribution is -2.49. The van der Waals surface area contributed by atoms with Crippen molar-refractivity contribution in [3.63, 3.8) is 0 Å². The van der Waals surface area contributed by atoms with E-state index in [-0.39, 0.29) is 10.5 Å². The Morgan fingerprint density at radius 3 is 2.79 bits per heavy atom. The Morgan fingerprint density at radius 1 is 1.38 bits per heavy atom. The van der Waals surface area contributed by atoms with E-state index in [9.17, 15) is 12.8 Å². The van der Waals surface area contributed by atoms with Crippen molar-refractivity contribution >= 4 is 10.0 Å². The van der Waals surface area contributed by atoms with E-state index < -0.39 is 15.8 Å². The zero-order valence-corrected chi connectivity index (χ0v) is 14.7. The minimum Gasteiger partial charge on any atom is -0.385 e. The van der Waals surface area contributed by atoms with Crippen LogP contribution in [0.3, 0.4) is 0 Å². The maximum atomic E-state index is 13.4. The maximum absolute atomic E-state index is 13.4. The van der Waals surface area contributed by atoms with Gasteiger partial charge in [0, 0.05) is 33.4 Å². The molecule has 0 bridgehead atoms. The molecule has 7 heteroatoms. The van der Waals surface area contributed by atoms with Crippen molar-refractivity contribution in [1.29, 1.82) is 0 Å². The van der Waals surface area contributed by atoms with E-state index in [2.05, 4.69) is 0 Å². The van der Waals surface area contributed by atoms with Crippen molar-refractivity contribution in [3.05, 3.63) is 30.1 Å². The summed E-state index contributed by atoms with van der Waals surface area (Å²) >= 11 is 0. The van der Waals surface area contributed by atoms with Gasteiger partial charge in [-0.3, -0.25) is 0 Å². The molecule has 5 nitrogen and oxygen atoms in total. The summed E-state index contributed by atoms with van der Waals surface area (Å²) in [6, 6.07) is 5.19. The fourth-order valence-corrected chi connectivity index (χ4v) is 5.36. The van der Waals surface area contributed by atoms with E-state index in [4.69, 9.17) is 9.47 Å². The number of hydrogen-bond donors (Lipinski definition) is 0. The second-order valence-corrected chi connectivity index (χ2v) is 8.48. The van der Waals surface area contributed by atoms with Crippen molar-refractivity contribution < 1.29 is 22.3 Å². The normalized spacial score (nSPS) is 24.5. The molecule has 1 atom stereocenters. The molecule has 3 rings (SSSR count). The monoisotopic (exact) mass is 357 g/mol. The number of hydrogen-bond acceptors (Lipinski definition) is 4. The van der Waals surface area contributed by atoms with Crippen LogP contribution < -0.4 is 0 Å². The first kappa shape index (κ1) is 17.8. The van der Waals surface area contributed by atoms with Gasteiger partial charge in [-0.2, -0.15) is 4.31 Å². The average molecular weight is 357 g/mol. The highest BCUT2D eigenvalue weighted by Crippen LogP contribution is 2.43. The molecular weight excluding hydrogens is 333 g/mol. The van der Waals surface area contributed by atoms with Gasteiger partial charge in [0.25, 0.3) is 0 Å². The highest BCUT2D eigenvalue weighted by molar-refractivity contribution is 7.89. The molecule has 0 radical (unpaired) electrons. The third kappa shape index (κ3) is 3.35. The van der Waals surface area contributed by atoms with Crippen LogP contribution in [0.5, 0.6) is 0 Å². The molecule has 2 aliphatic heterocycles. The Bertz CT molecular complexity index is 671. The van der Waals surface area contributed by atoms with Crippen LogP contribution in [-0.2, 0) is 19.5 Å². The van der Waals surface area contributed by atoms with E-state index in [1.165, 1.54) is 22.5 Å². The molecule has 2 aliphatic rings. The summed E-state index contributed by atoms with van der Waals surface area (Å²) in [5, 5.41) is 0. The Kier molecular flexibility index (Phi) is 5.24. The third-order valence-corrected chi connectivity index (χ3v) is 7.17. The number of halogens is 1. The molecule has 2 saturated heterocycles. The molecule has 0 N–H and O–H groups in total. The van der Waals surface area contributed by atoms with Gasteiger partial charge in [0.2, 0.25) is 10.0 Å². The largest absolute Gasteiger partial charge is 0.385 e. The summed E-state index contributed by atoms with van der Waals surface area (Å²) in [5.74, 6) is -0.125. The Morgan fingerprint density at radius 2 is 2.12 bits per heavy atom. The van der Waals surface area contributed by atoms with Crippen molar-refractivity contribution in [2.24, 2.45) is 5.92 Å². The molecule has 2 heterocycles. The van der Waals surface area contributed by atoms with Gasteiger partial charge in [-0.25, -0.2) is 12.8 Å². The minimum atomic E-state index is -3.65. The molecular formula is C17H24FNO4S. The smallest absolute Gasteiger partial charge is 0.243 e. The van der Waals surface area contributed by atoms with Gasteiger partial charge in [0.1, 0.15) is 5.82 Å². The summed E-state index contributed by atoms with van der Waals surface area (Å²) in [4.78, 5) is 0.0155. The lowest BCUT2D eigenvalue weighted by Gasteiger charge is -2.41. The van der Waals surface area contributed by atoms with Gasteiger partial charge in [-0.15, -0.1) is 0 Å². The molecule has 1 aromatic carbocycles. The summed E-state index contributed by atoms with van der Waals surface area (Å²) in [6.07, 6.45) is 3.29. The fraction of sp³-hybridized carbons (Fsp3) is 0.647. The van der Waals surface area contributed by atoms with Crippen LogP contribution in [0.25, 0.3) is 0 Å². The number of benzene rings is 1. The molecule has 134 valence electrons. The van der Waals surface area contributed by atoms with E-state index >= 15 is 0 Å². The standard InChI is InChI=1S/C17H24FNO4S/c1-22-11-5-14-6-12-23-17(14)7-9-19(10-8-17)24(20,21)16-4-2-3-15(18)13-16/h2-4,13-14H,5-12H2,1H3. The van der Waals surface area contributed by atoms with Gasteiger partial charge in [-0.1, -0.05) is 6.07 Å². The van der Waals surface area contributed by atoms with Crippen LogP contribution in [-0.4, -0.2) is 51.7 Å². The van der Waals surface area contributed by atoms with Gasteiger partial charge in [0.15, 0.2) is 0 Å². The van der Waals surface area contributed by atoms with E-state index in [1.807, 2.05) is 0 Å². The number of piperidine rings is 1. The summed E-state index contributed by atoms with van der Waals surface area (Å²) < 4.78 is 51.4. The van der Waals surface area contributed by atoms with Crippen molar-refractivity contribution in [2.75, 3.05) is 33.4 Å². The van der Waals surface area contributed by atoms with E-state index in [0.29, 0.717) is 38.5 Å². The van der Waals surface area contributed by atoms with Gasteiger partial charge in [-0.05, 0) is 49.8 Å². The lowest BCUT2D eigenvalue weighted by atomic mass is 9.78. The van der Waals surface area contributed by atoms with Gasteiger partial charge < -0.3 is 9.47 Å². The summed E-state index contributed by atoms with van der Waals surface area (Å²) in [5.41, 5.74) is -0.230. The highest BCUT2D eigenvalue weighted by atomic mass is 32.2. The molecule has 1 spiro atoms. The molecule has 0 saturated carbocycles. The van der Waals surface area contributed by atoms with Gasteiger partial charge >= 0.3 is 0 Å². The van der Waals surface area contributed by atoms with Crippen molar-refractivity contribution in [3.8, 4) is 0 Å². The van der Waals surface area contributed by atoms with E-state index in [1.54, 1.807) is 7.11 Å². The highest BCUT2D eigenvalue weighted by Gasteiger charge is 2.47. The van der Waals surface area contributed by atoms with Crippen LogP contribution in [0.1, 0.15) is 25.7 Å². The lowest BCUT2D eigenvalue weighted by molar-refractivity contribution is -0.0603. The molecule has 0 aliphatic carbocycles. The molecule has 1 unspecified atom stereocenters. The number of ether oxygens (including phenoxy) is 2. The topological polar surface area (TPSA) is 55.8 Å². The minimum absolute atomic E-state index is 0.0155. The third-order valence-electron chi connectivity index (χ3n) is 5.27. The van der Waals surface area contributed by atoms with Gasteiger partial charge in [0.05, 0.1) is 10.5 Å². The Hall–Kier alpha value is -1.02. The van der Waals surface area contributed by atoms with E-state index in [0.717, 1.165) is 25.5 Å². The van der Waals surface area contributed by atoms with Crippen LogP contribution in [0, 0.1) is 11.7 Å². The summed E-state index contributed by atoms with van der Waals surface area (Å²) in [7, 11) is -1.96. The zero-order valence-electron chi connectivity index (χ0n) is 13.9. The summed E-state index contributed by atoms with van der Waals surface area (Å²) in [6.45, 7) is 2.23. The fourth-order valence-electron chi connectivity index (χ4n) is 3.89. The number of nitrogens with zero attached hydrogens (tertiary/aromatic N) is 1. The van der Waals surface area contributed by atoms with Crippen LogP contribution >= 0.6 is 0 Å². The number of methoxy groups -OCH3 is 1. The SMILES string of the molecule is COCCC1CCOC12CCN(S(=O)(=O)c1cccc(F)c1)CC2. The van der Waals surface area contributed by atoms with Crippen LogP contribution in [0.15, 0.2) is 29.2 Å². The Balaban J connectivity index is 1.70. The Labute approximate surface area is 142 Å². The zero-order chi connectivity index (χ0) is 17.2. The molecule has 0 amide bonds. The number of sulfonamides is 1. The molecule has 1 aromatic rings. The first-order valence-corrected chi connectivity index (χ1v) is 9.80. The first-order chi connectivity index (χ1) is 11.5. The van der Waals surface area contributed by atoms with Crippen molar-refractivity contribution in [2.45, 2.75) is 36.2 Å². The predicted molar refractivity (Wildman–Crippen MR) is 87.7 cm³/mol. The number of rotatable bonds is 5. The maximum Gasteiger partial charge on any atom is 0.243 e. The molecule has 24 heavy (non-hydrogen) atoms. The second-order valence-electron chi connectivity index (χ2n) is 6.54. The average Bonchev–Trinajstić information content (AvgIpc) is 2.95. The van der Waals surface area contributed by atoms with Crippen molar-refractivity contribution in [1.82, 2.24) is 4.31 Å². The quantitative estimate of drug-likeness (QED) is 0.812. The molecule has 2 fully saturated rings. The first-order valence-electron chi connectivity index (χ1n) is 8.36. The van der Waals surface area contributed by atoms with Crippen LogP contribution in [0.4, 0.5) is 4.39 Å². The van der Waals surface area contributed by atoms with Crippen LogP contribution in [0.2, 0.25) is 0 Å².